The molecule has 2 heterocycles. The van der Waals surface area contributed by atoms with E-state index in [1.54, 1.807) is 12.1 Å². The van der Waals surface area contributed by atoms with E-state index < -0.39 is 0 Å². The lowest BCUT2D eigenvalue weighted by Crippen LogP contribution is -2.48. The van der Waals surface area contributed by atoms with Crippen LogP contribution in [0.25, 0.3) is 0 Å². The van der Waals surface area contributed by atoms with Gasteiger partial charge in [0.15, 0.2) is 0 Å². The first-order valence-corrected chi connectivity index (χ1v) is 6.99. The molecule has 0 radical (unpaired) electrons. The van der Waals surface area contributed by atoms with Crippen molar-refractivity contribution in [1.29, 1.82) is 0 Å². The highest BCUT2D eigenvalue weighted by Crippen LogP contribution is 2.35. The second-order valence-electron chi connectivity index (χ2n) is 5.70. The molecule has 0 spiro atoms. The smallest absolute Gasteiger partial charge is 0.126 e. The molecule has 2 aliphatic heterocycles. The second-order valence-corrected chi connectivity index (χ2v) is 5.70. The third-order valence-corrected chi connectivity index (χ3v) is 4.52. The molecule has 1 aromatic carbocycles. The van der Waals surface area contributed by atoms with Crippen molar-refractivity contribution in [2.75, 3.05) is 6.54 Å². The molecule has 0 aliphatic carbocycles. The standard InChI is InChI=1S/C15H21FN2/c16-15-4-2-1-3-11(15)7-8-18-13-5-6-14(18)10-12(17)9-13/h1-4,12-14H,5-10,17H2. The molecule has 0 aromatic heterocycles. The van der Waals surface area contributed by atoms with Gasteiger partial charge in [0.2, 0.25) is 0 Å². The third kappa shape index (κ3) is 2.29. The van der Waals surface area contributed by atoms with Gasteiger partial charge in [0.25, 0.3) is 0 Å². The fraction of sp³-hybridized carbons (Fsp3) is 0.600. The first kappa shape index (κ1) is 12.1. The predicted molar refractivity (Wildman–Crippen MR) is 70.8 cm³/mol. The maximum Gasteiger partial charge on any atom is 0.126 e. The molecule has 2 atom stereocenters. The average Bonchev–Trinajstić information content (AvgIpc) is 2.60. The molecular formula is C15H21FN2. The first-order chi connectivity index (χ1) is 8.74. The number of piperidine rings is 1. The number of hydrogen-bond acceptors (Lipinski definition) is 2. The van der Waals surface area contributed by atoms with Gasteiger partial charge >= 0.3 is 0 Å². The molecule has 18 heavy (non-hydrogen) atoms. The highest BCUT2D eigenvalue weighted by molar-refractivity contribution is 5.17. The van der Waals surface area contributed by atoms with Gasteiger partial charge in [0.1, 0.15) is 5.82 Å². The quantitative estimate of drug-likeness (QED) is 0.889. The van der Waals surface area contributed by atoms with E-state index in [1.165, 1.54) is 12.8 Å². The van der Waals surface area contributed by atoms with E-state index in [-0.39, 0.29) is 5.82 Å². The van der Waals surface area contributed by atoms with Crippen molar-refractivity contribution >= 4 is 0 Å². The van der Waals surface area contributed by atoms with E-state index in [0.717, 1.165) is 31.4 Å². The Balaban J connectivity index is 1.63. The van der Waals surface area contributed by atoms with Gasteiger partial charge < -0.3 is 5.73 Å². The first-order valence-electron chi connectivity index (χ1n) is 6.99. The minimum absolute atomic E-state index is 0.0708. The molecule has 98 valence electrons. The fourth-order valence-electron chi connectivity index (χ4n) is 3.63. The topological polar surface area (TPSA) is 29.3 Å². The number of nitrogens with zero attached hydrogens (tertiary/aromatic N) is 1. The predicted octanol–water partition coefficient (Wildman–Crippen LogP) is 2.32. The van der Waals surface area contributed by atoms with E-state index in [0.29, 0.717) is 18.1 Å². The summed E-state index contributed by atoms with van der Waals surface area (Å²) < 4.78 is 13.6. The van der Waals surface area contributed by atoms with Crippen LogP contribution in [0, 0.1) is 5.82 Å². The zero-order valence-corrected chi connectivity index (χ0v) is 10.7. The molecule has 2 aliphatic rings. The van der Waals surface area contributed by atoms with Crippen molar-refractivity contribution in [3.8, 4) is 0 Å². The Morgan fingerprint density at radius 3 is 2.50 bits per heavy atom. The summed E-state index contributed by atoms with van der Waals surface area (Å²) in [5.41, 5.74) is 6.90. The fourth-order valence-corrected chi connectivity index (χ4v) is 3.63. The molecule has 3 heteroatoms. The van der Waals surface area contributed by atoms with Crippen molar-refractivity contribution < 1.29 is 4.39 Å². The van der Waals surface area contributed by atoms with Crippen LogP contribution in [0.3, 0.4) is 0 Å². The van der Waals surface area contributed by atoms with E-state index in [9.17, 15) is 4.39 Å². The van der Waals surface area contributed by atoms with Gasteiger partial charge in [0.05, 0.1) is 0 Å². The van der Waals surface area contributed by atoms with E-state index in [4.69, 9.17) is 5.73 Å². The number of benzene rings is 1. The number of rotatable bonds is 3. The molecule has 0 amide bonds. The Morgan fingerprint density at radius 2 is 1.83 bits per heavy atom. The van der Waals surface area contributed by atoms with Crippen LogP contribution in [0.5, 0.6) is 0 Å². The minimum Gasteiger partial charge on any atom is -0.328 e. The summed E-state index contributed by atoms with van der Waals surface area (Å²) in [5, 5.41) is 0. The van der Waals surface area contributed by atoms with E-state index >= 15 is 0 Å². The summed E-state index contributed by atoms with van der Waals surface area (Å²) in [6.07, 6.45) is 5.60. The molecule has 2 bridgehead atoms. The van der Waals surface area contributed by atoms with Crippen LogP contribution >= 0.6 is 0 Å². The summed E-state index contributed by atoms with van der Waals surface area (Å²) in [7, 11) is 0. The highest BCUT2D eigenvalue weighted by atomic mass is 19.1. The second kappa shape index (κ2) is 4.98. The van der Waals surface area contributed by atoms with Gasteiger partial charge in [-0.1, -0.05) is 18.2 Å². The Labute approximate surface area is 108 Å². The zero-order chi connectivity index (χ0) is 12.5. The zero-order valence-electron chi connectivity index (χ0n) is 10.7. The van der Waals surface area contributed by atoms with Gasteiger partial charge in [-0.3, -0.25) is 4.90 Å². The van der Waals surface area contributed by atoms with Crippen LogP contribution in [-0.4, -0.2) is 29.6 Å². The minimum atomic E-state index is -0.0708. The number of nitrogens with two attached hydrogens (primary N) is 1. The van der Waals surface area contributed by atoms with Crippen molar-refractivity contribution in [2.45, 2.75) is 50.2 Å². The van der Waals surface area contributed by atoms with Crippen LogP contribution in [0.4, 0.5) is 4.39 Å². The summed E-state index contributed by atoms with van der Waals surface area (Å²) in [5.74, 6) is -0.0708. The van der Waals surface area contributed by atoms with Crippen molar-refractivity contribution in [3.63, 3.8) is 0 Å². The summed E-state index contributed by atoms with van der Waals surface area (Å²) >= 11 is 0. The van der Waals surface area contributed by atoms with Crippen LogP contribution in [0.2, 0.25) is 0 Å². The maximum atomic E-state index is 13.6. The van der Waals surface area contributed by atoms with Crippen molar-refractivity contribution in [1.82, 2.24) is 4.90 Å². The van der Waals surface area contributed by atoms with Gasteiger partial charge in [0, 0.05) is 24.7 Å². The maximum absolute atomic E-state index is 13.6. The monoisotopic (exact) mass is 248 g/mol. The molecule has 2 nitrogen and oxygen atoms in total. The van der Waals surface area contributed by atoms with Crippen molar-refractivity contribution in [2.24, 2.45) is 5.73 Å². The van der Waals surface area contributed by atoms with Crippen LogP contribution < -0.4 is 5.73 Å². The molecule has 0 saturated carbocycles. The lowest BCUT2D eigenvalue weighted by atomic mass is 9.97. The summed E-state index contributed by atoms with van der Waals surface area (Å²) in [4.78, 5) is 2.57. The Kier molecular flexibility index (Phi) is 3.35. The highest BCUT2D eigenvalue weighted by Gasteiger charge is 2.38. The van der Waals surface area contributed by atoms with Crippen molar-refractivity contribution in [3.05, 3.63) is 35.6 Å². The average molecular weight is 248 g/mol. The lowest BCUT2D eigenvalue weighted by Gasteiger charge is -2.37. The largest absolute Gasteiger partial charge is 0.328 e. The normalized spacial score (nSPS) is 31.8. The van der Waals surface area contributed by atoms with E-state index in [1.807, 2.05) is 12.1 Å². The molecule has 3 rings (SSSR count). The van der Waals surface area contributed by atoms with Crippen LogP contribution in [-0.2, 0) is 6.42 Å². The Hall–Kier alpha value is -0.930. The molecule has 2 unspecified atom stereocenters. The molecule has 2 fully saturated rings. The number of fused-ring (bicyclic) bond motifs is 2. The SMILES string of the molecule is NC1CC2CCC(C1)N2CCc1ccccc1F. The summed E-state index contributed by atoms with van der Waals surface area (Å²) in [6, 6.07) is 8.79. The Bertz CT molecular complexity index is 407. The number of halogens is 1. The summed E-state index contributed by atoms with van der Waals surface area (Å²) in [6.45, 7) is 0.975. The van der Waals surface area contributed by atoms with Crippen LogP contribution in [0.1, 0.15) is 31.2 Å². The van der Waals surface area contributed by atoms with E-state index in [2.05, 4.69) is 4.90 Å². The third-order valence-electron chi connectivity index (χ3n) is 4.52. The molecule has 2 N–H and O–H groups in total. The molecule has 1 aromatic rings. The number of hydrogen-bond donors (Lipinski definition) is 1. The van der Waals surface area contributed by atoms with Gasteiger partial charge in [-0.05, 0) is 43.7 Å². The molecule has 2 saturated heterocycles. The van der Waals surface area contributed by atoms with Gasteiger partial charge in [-0.25, -0.2) is 4.39 Å². The Morgan fingerprint density at radius 1 is 1.17 bits per heavy atom. The van der Waals surface area contributed by atoms with Gasteiger partial charge in [-0.2, -0.15) is 0 Å². The van der Waals surface area contributed by atoms with Gasteiger partial charge in [-0.15, -0.1) is 0 Å². The van der Waals surface area contributed by atoms with Crippen LogP contribution in [0.15, 0.2) is 24.3 Å². The lowest BCUT2D eigenvalue weighted by molar-refractivity contribution is 0.129. The molecular weight excluding hydrogens is 227 g/mol.